The molecule has 14 N–H and O–H groups in total. The fraction of sp³-hybridized carbons (Fsp3) is 0.500. The minimum absolute atomic E-state index is 0.0323. The van der Waals surface area contributed by atoms with Crippen molar-refractivity contribution >= 4 is 182 Å². The summed E-state index contributed by atoms with van der Waals surface area (Å²) in [6, 6.07) is -4.54. The van der Waals surface area contributed by atoms with Gasteiger partial charge < -0.3 is 82.1 Å². The van der Waals surface area contributed by atoms with Crippen molar-refractivity contribution in [2.75, 3.05) is 75.7 Å². The molecule has 22 nitrogen and oxygen atoms in total. The highest BCUT2D eigenvalue weighted by atomic mass is 127. The summed E-state index contributed by atoms with van der Waals surface area (Å²) >= 11 is 10.4. The van der Waals surface area contributed by atoms with E-state index in [1.54, 1.807) is 136 Å². The first kappa shape index (κ1) is 59.4. The smallest absolute Gasteiger partial charge is 0.253 e. The van der Waals surface area contributed by atoms with E-state index < -0.39 is 138 Å². The number of amides is 6. The normalized spacial score (nSPS) is 12.4. The summed E-state index contributed by atoms with van der Waals surface area (Å²) in [4.78, 5) is 83.8. The second-order valence-electron chi connectivity index (χ2n) is 13.6. The second-order valence-corrected chi connectivity index (χ2v) is 20.1. The predicted octanol–water partition coefficient (Wildman–Crippen LogP) is -2.23. The Balaban J connectivity index is 2.86. The highest BCUT2D eigenvalue weighted by Gasteiger charge is 2.37. The van der Waals surface area contributed by atoms with Gasteiger partial charge in [-0.25, -0.2) is 0 Å². The Morgan fingerprint density at radius 3 is 0.750 bits per heavy atom. The quantitative estimate of drug-likeness (QED) is 0.0524. The summed E-state index contributed by atoms with van der Waals surface area (Å²) in [5, 5.41) is 110. The monoisotopic (exact) mass is 1580 g/mol. The molecule has 2 aromatic carbocycles. The molecule has 0 aliphatic rings. The van der Waals surface area contributed by atoms with Gasteiger partial charge in [0.25, 0.3) is 23.6 Å². The van der Waals surface area contributed by atoms with Crippen molar-refractivity contribution in [2.45, 2.75) is 50.2 Å². The van der Waals surface area contributed by atoms with Crippen molar-refractivity contribution in [3.05, 3.63) is 43.7 Å². The van der Waals surface area contributed by atoms with E-state index in [1.165, 1.54) is 0 Å². The molecule has 64 heavy (non-hydrogen) atoms. The largest absolute Gasteiger partial charge is 0.394 e. The highest BCUT2D eigenvalue weighted by Crippen LogP contribution is 2.40. The third-order valence-corrected chi connectivity index (χ3v) is 15.4. The maximum absolute atomic E-state index is 13.7. The van der Waals surface area contributed by atoms with Crippen LogP contribution in [0.5, 0.6) is 0 Å². The van der Waals surface area contributed by atoms with E-state index >= 15 is 0 Å². The third-order valence-electron chi connectivity index (χ3n) is 9.08. The van der Waals surface area contributed by atoms with Crippen LogP contribution in [0.25, 0.3) is 0 Å². The molecule has 358 valence electrons. The molecule has 0 spiro atoms. The van der Waals surface area contributed by atoms with Gasteiger partial charge in [-0.15, -0.1) is 0 Å². The van der Waals surface area contributed by atoms with Crippen molar-refractivity contribution < 1.29 is 79.8 Å². The van der Waals surface area contributed by atoms with Crippen LogP contribution in [0.2, 0.25) is 0 Å². The number of aliphatic hydroxyl groups is 10. The molecule has 0 aliphatic carbocycles. The average molecular weight is 1580 g/mol. The van der Waals surface area contributed by atoms with E-state index in [0.717, 1.165) is 23.6 Å². The molecular formula is C36H46I6N6O16. The number of nitrogens with zero attached hydrogens (tertiary/aromatic N) is 2. The number of hydrogen-bond acceptors (Lipinski definition) is 16. The predicted molar refractivity (Wildman–Crippen MR) is 279 cm³/mol. The summed E-state index contributed by atoms with van der Waals surface area (Å²) in [6.45, 7) is -4.61. The van der Waals surface area contributed by atoms with Gasteiger partial charge in [0.15, 0.2) is 0 Å². The first-order chi connectivity index (χ1) is 30.1. The first-order valence-corrected chi connectivity index (χ1v) is 25.0. The number of rotatable bonds is 23. The fourth-order valence-corrected chi connectivity index (χ4v) is 15.0. The standard InChI is InChI=1S/C36H46I6N6O16/c1-13(57)47(31-27(39)21(33(61)43-15(5-49)6-50)25(37)22(28(31)40)34(62)44-16(7-51)8-52)3-19(59)20(60)4-48(14(2)58)32-29(41)23(35(63)45-17(9-53)10-54)26(38)24(30(32)42)36(64)46-18(11-55)12-56/h15-20,49-56,59-60H,3-12H2,1-2H3,(H,43,61)(H,44,62)(H,45,63)(H,46,64). The molecule has 0 aromatic heterocycles. The van der Waals surface area contributed by atoms with Gasteiger partial charge in [-0.2, -0.15) is 0 Å². The van der Waals surface area contributed by atoms with E-state index in [2.05, 4.69) is 21.3 Å². The third kappa shape index (κ3) is 14.6. The maximum atomic E-state index is 13.7. The molecule has 0 bridgehead atoms. The van der Waals surface area contributed by atoms with Crippen molar-refractivity contribution in [1.29, 1.82) is 0 Å². The Morgan fingerprint density at radius 1 is 0.406 bits per heavy atom. The van der Waals surface area contributed by atoms with Crippen LogP contribution in [0.15, 0.2) is 0 Å². The van der Waals surface area contributed by atoms with Crippen molar-refractivity contribution in [2.24, 2.45) is 0 Å². The maximum Gasteiger partial charge on any atom is 0.253 e. The van der Waals surface area contributed by atoms with Crippen molar-refractivity contribution in [3.8, 4) is 0 Å². The molecule has 0 saturated heterocycles. The Hall–Kier alpha value is -0.760. The number of halogens is 6. The summed E-state index contributed by atoms with van der Waals surface area (Å²) in [5.41, 5.74) is -0.989. The molecule has 28 heteroatoms. The molecule has 0 fully saturated rings. The lowest BCUT2D eigenvalue weighted by atomic mass is 10.0. The minimum atomic E-state index is -1.91. The number of carbonyl (C=O) groups is 6. The SMILES string of the molecule is CC(=O)N(CC(O)C(O)CN(C(C)=O)c1c(I)c(C(=O)NC(CO)CO)c(I)c(C(=O)NC(CO)CO)c1I)c1c(I)c(C(=O)NC(CO)CO)c(I)c(C(=O)NC(CO)CO)c1I. The topological polar surface area (TPSA) is 359 Å². The molecule has 2 unspecified atom stereocenters. The molecule has 0 radical (unpaired) electrons. The molecule has 6 amide bonds. The number of carbonyl (C=O) groups excluding carboxylic acids is 6. The summed E-state index contributed by atoms with van der Waals surface area (Å²) in [5.74, 6) is -5.07. The van der Waals surface area contributed by atoms with Crippen molar-refractivity contribution in [3.63, 3.8) is 0 Å². The van der Waals surface area contributed by atoms with Crippen LogP contribution in [0.3, 0.4) is 0 Å². The summed E-state index contributed by atoms with van der Waals surface area (Å²) in [7, 11) is 0. The van der Waals surface area contributed by atoms with E-state index in [9.17, 15) is 79.8 Å². The zero-order valence-corrected chi connectivity index (χ0v) is 46.6. The summed E-state index contributed by atoms with van der Waals surface area (Å²) < 4.78 is 0.258. The lowest BCUT2D eigenvalue weighted by molar-refractivity contribution is -0.118. The summed E-state index contributed by atoms with van der Waals surface area (Å²) in [6.07, 6.45) is -3.83. The zero-order valence-electron chi connectivity index (χ0n) is 33.6. The van der Waals surface area contributed by atoms with E-state index in [-0.39, 0.29) is 55.0 Å². The Morgan fingerprint density at radius 2 is 0.594 bits per heavy atom. The molecule has 0 aliphatic heterocycles. The van der Waals surface area contributed by atoms with Crippen LogP contribution in [-0.2, 0) is 9.59 Å². The zero-order chi connectivity index (χ0) is 48.9. The van der Waals surface area contributed by atoms with Gasteiger partial charge in [-0.05, 0) is 136 Å². The van der Waals surface area contributed by atoms with Crippen LogP contribution < -0.4 is 31.1 Å². The van der Waals surface area contributed by atoms with E-state index in [1.807, 2.05) is 0 Å². The van der Waals surface area contributed by atoms with Gasteiger partial charge in [0.05, 0.1) is 150 Å². The fourth-order valence-electron chi connectivity index (χ4n) is 5.57. The molecule has 0 heterocycles. The van der Waals surface area contributed by atoms with Crippen LogP contribution in [0, 0.1) is 21.4 Å². The average Bonchev–Trinajstić information content (AvgIpc) is 3.24. The lowest BCUT2D eigenvalue weighted by Gasteiger charge is -2.33. The highest BCUT2D eigenvalue weighted by molar-refractivity contribution is 14.1. The molecular weight excluding hydrogens is 1530 g/mol. The van der Waals surface area contributed by atoms with Crippen LogP contribution in [0.1, 0.15) is 55.3 Å². The van der Waals surface area contributed by atoms with Crippen molar-refractivity contribution in [1.82, 2.24) is 21.3 Å². The molecule has 2 aromatic rings. The number of benzene rings is 2. The number of anilines is 2. The molecule has 2 atom stereocenters. The lowest BCUT2D eigenvalue weighted by Crippen LogP contribution is -2.48. The number of nitrogens with one attached hydrogen (secondary N) is 4. The molecule has 0 saturated carbocycles. The van der Waals surface area contributed by atoms with Crippen LogP contribution in [-0.4, -0.2) is 189 Å². The van der Waals surface area contributed by atoms with Gasteiger partial charge in [0.2, 0.25) is 11.8 Å². The van der Waals surface area contributed by atoms with Crippen LogP contribution >= 0.6 is 136 Å². The van der Waals surface area contributed by atoms with Gasteiger partial charge in [-0.1, -0.05) is 0 Å². The van der Waals surface area contributed by atoms with Gasteiger partial charge >= 0.3 is 0 Å². The number of aliphatic hydroxyl groups excluding tert-OH is 10. The Bertz CT molecular complexity index is 1790. The minimum Gasteiger partial charge on any atom is -0.394 e. The van der Waals surface area contributed by atoms with E-state index in [4.69, 9.17) is 0 Å². The first-order valence-electron chi connectivity index (χ1n) is 18.5. The Labute approximate surface area is 447 Å². The number of hydrogen-bond donors (Lipinski definition) is 14. The van der Waals surface area contributed by atoms with E-state index in [0.29, 0.717) is 0 Å². The second kappa shape index (κ2) is 28.0. The Kier molecular flexibility index (Phi) is 26.0. The van der Waals surface area contributed by atoms with Gasteiger partial charge in [-0.3, -0.25) is 28.8 Å². The van der Waals surface area contributed by atoms with Crippen LogP contribution in [0.4, 0.5) is 11.4 Å². The van der Waals surface area contributed by atoms with Gasteiger partial charge in [0, 0.05) is 21.0 Å². The van der Waals surface area contributed by atoms with Gasteiger partial charge in [0.1, 0.15) is 0 Å². The molecule has 2 rings (SSSR count).